The molecular weight excluding hydrogens is 314 g/mol. The Kier molecular flexibility index (Phi) is 5.31. The Labute approximate surface area is 141 Å². The number of carbonyl (C=O) groups is 1. The summed E-state index contributed by atoms with van der Waals surface area (Å²) in [5.74, 6) is 0.0145. The third kappa shape index (κ3) is 4.50. The highest BCUT2D eigenvalue weighted by molar-refractivity contribution is 7.09. The zero-order valence-corrected chi connectivity index (χ0v) is 14.5. The molecule has 1 amide bonds. The molecule has 0 unspecified atom stereocenters. The molecule has 0 aromatic carbocycles. The molecule has 2 saturated heterocycles. The molecule has 0 aliphatic carbocycles. The van der Waals surface area contributed by atoms with Crippen LogP contribution in [0, 0.1) is 6.92 Å². The first kappa shape index (κ1) is 16.8. The van der Waals surface area contributed by atoms with Crippen molar-refractivity contribution in [3.63, 3.8) is 0 Å². The van der Waals surface area contributed by atoms with Gasteiger partial charge in [-0.2, -0.15) is 0 Å². The average Bonchev–Trinajstić information content (AvgIpc) is 3.09. The first-order valence-electron chi connectivity index (χ1n) is 8.25. The number of thiazole rings is 1. The molecule has 2 fully saturated rings. The predicted molar refractivity (Wildman–Crippen MR) is 88.6 cm³/mol. The Bertz CT molecular complexity index is 544. The molecule has 1 atom stereocenters. The Morgan fingerprint density at radius 3 is 2.91 bits per heavy atom. The number of hydrogen-bond acceptors (Lipinski definition) is 6. The van der Waals surface area contributed by atoms with Crippen LogP contribution in [0.2, 0.25) is 0 Å². The fourth-order valence-corrected chi connectivity index (χ4v) is 3.95. The van der Waals surface area contributed by atoms with Crippen molar-refractivity contribution >= 4 is 17.2 Å². The average molecular weight is 339 g/mol. The molecule has 0 bridgehead atoms. The van der Waals surface area contributed by atoms with E-state index in [0.717, 1.165) is 23.8 Å². The van der Waals surface area contributed by atoms with Gasteiger partial charge in [-0.15, -0.1) is 11.3 Å². The lowest BCUT2D eigenvalue weighted by Gasteiger charge is -2.34. The standard InChI is InChI=1S/C16H25N3O3S/c1-13-17-14(9-23-13)8-15(20)19-6-7-22-12-16(21,11-19)10-18-4-2-3-5-18/h9,21H,2-8,10-12H2,1H3/t16-/m0/s1. The molecule has 23 heavy (non-hydrogen) atoms. The van der Waals surface area contributed by atoms with Crippen molar-refractivity contribution in [2.45, 2.75) is 31.8 Å². The van der Waals surface area contributed by atoms with Gasteiger partial charge in [0, 0.05) is 18.5 Å². The number of hydrogen-bond donors (Lipinski definition) is 1. The summed E-state index contributed by atoms with van der Waals surface area (Å²) in [6, 6.07) is 0. The Hall–Kier alpha value is -1.02. The lowest BCUT2D eigenvalue weighted by Crippen LogP contribution is -2.53. The summed E-state index contributed by atoms with van der Waals surface area (Å²) in [5, 5.41) is 13.8. The van der Waals surface area contributed by atoms with Crippen LogP contribution < -0.4 is 0 Å². The second-order valence-electron chi connectivity index (χ2n) is 6.61. The van der Waals surface area contributed by atoms with E-state index >= 15 is 0 Å². The van der Waals surface area contributed by atoms with E-state index in [1.807, 2.05) is 12.3 Å². The third-order valence-corrected chi connectivity index (χ3v) is 5.25. The fourth-order valence-electron chi connectivity index (χ4n) is 3.34. The molecule has 0 radical (unpaired) electrons. The van der Waals surface area contributed by atoms with Crippen molar-refractivity contribution < 1.29 is 14.6 Å². The highest BCUT2D eigenvalue weighted by Crippen LogP contribution is 2.19. The maximum Gasteiger partial charge on any atom is 0.228 e. The molecule has 3 rings (SSSR count). The van der Waals surface area contributed by atoms with E-state index in [1.165, 1.54) is 12.8 Å². The van der Waals surface area contributed by atoms with Gasteiger partial charge in [-0.1, -0.05) is 0 Å². The van der Waals surface area contributed by atoms with Crippen LogP contribution in [0.4, 0.5) is 0 Å². The number of likely N-dealkylation sites (tertiary alicyclic amines) is 1. The van der Waals surface area contributed by atoms with Crippen LogP contribution in [0.5, 0.6) is 0 Å². The van der Waals surface area contributed by atoms with Gasteiger partial charge in [0.1, 0.15) is 5.60 Å². The quantitative estimate of drug-likeness (QED) is 0.874. The number of nitrogens with zero attached hydrogens (tertiary/aromatic N) is 3. The first-order valence-corrected chi connectivity index (χ1v) is 9.13. The SMILES string of the molecule is Cc1nc(CC(=O)N2CCOC[C@](O)(CN3CCCC3)C2)cs1. The summed E-state index contributed by atoms with van der Waals surface area (Å²) in [6.45, 7) is 6.20. The number of aryl methyl sites for hydroxylation is 1. The molecule has 2 aliphatic heterocycles. The van der Waals surface area contributed by atoms with Gasteiger partial charge in [-0.25, -0.2) is 4.98 Å². The van der Waals surface area contributed by atoms with Gasteiger partial charge in [0.05, 0.1) is 36.9 Å². The van der Waals surface area contributed by atoms with E-state index in [4.69, 9.17) is 4.74 Å². The van der Waals surface area contributed by atoms with Crippen LogP contribution in [0.15, 0.2) is 5.38 Å². The lowest BCUT2D eigenvalue weighted by molar-refractivity contribution is -0.133. The van der Waals surface area contributed by atoms with Crippen molar-refractivity contribution in [3.8, 4) is 0 Å². The van der Waals surface area contributed by atoms with Crippen molar-refractivity contribution in [2.24, 2.45) is 0 Å². The summed E-state index contributed by atoms with van der Waals surface area (Å²) in [7, 11) is 0. The largest absolute Gasteiger partial charge is 0.384 e. The minimum absolute atomic E-state index is 0.0145. The van der Waals surface area contributed by atoms with Gasteiger partial charge in [0.25, 0.3) is 0 Å². The third-order valence-electron chi connectivity index (χ3n) is 4.43. The van der Waals surface area contributed by atoms with Crippen molar-refractivity contribution in [1.82, 2.24) is 14.8 Å². The van der Waals surface area contributed by atoms with Crippen molar-refractivity contribution in [3.05, 3.63) is 16.1 Å². The Balaban J connectivity index is 1.62. The Morgan fingerprint density at radius 2 is 2.22 bits per heavy atom. The molecule has 3 heterocycles. The number of aliphatic hydroxyl groups is 1. The van der Waals surface area contributed by atoms with Gasteiger partial charge in [0.15, 0.2) is 0 Å². The van der Waals surface area contributed by atoms with Crippen molar-refractivity contribution in [2.75, 3.05) is 45.9 Å². The van der Waals surface area contributed by atoms with E-state index in [9.17, 15) is 9.90 Å². The van der Waals surface area contributed by atoms with Crippen LogP contribution >= 0.6 is 11.3 Å². The second kappa shape index (κ2) is 7.25. The van der Waals surface area contributed by atoms with Crippen LogP contribution in [0.1, 0.15) is 23.5 Å². The summed E-state index contributed by atoms with van der Waals surface area (Å²) in [6.07, 6.45) is 2.66. The van der Waals surface area contributed by atoms with Crippen molar-refractivity contribution in [1.29, 1.82) is 0 Å². The number of ether oxygens (including phenoxy) is 1. The first-order chi connectivity index (χ1) is 11.0. The van der Waals surface area contributed by atoms with Crippen LogP contribution in [0.25, 0.3) is 0 Å². The van der Waals surface area contributed by atoms with Gasteiger partial charge < -0.3 is 19.6 Å². The molecule has 6 nitrogen and oxygen atoms in total. The Morgan fingerprint density at radius 1 is 1.43 bits per heavy atom. The topological polar surface area (TPSA) is 65.9 Å². The smallest absolute Gasteiger partial charge is 0.228 e. The molecule has 1 aromatic heterocycles. The highest BCUT2D eigenvalue weighted by atomic mass is 32.1. The van der Waals surface area contributed by atoms with Crippen LogP contribution in [0.3, 0.4) is 0 Å². The number of amides is 1. The second-order valence-corrected chi connectivity index (χ2v) is 7.67. The maximum atomic E-state index is 12.6. The summed E-state index contributed by atoms with van der Waals surface area (Å²) in [4.78, 5) is 20.9. The van der Waals surface area contributed by atoms with Gasteiger partial charge in [0.2, 0.25) is 5.91 Å². The zero-order chi connectivity index (χ0) is 16.3. The fraction of sp³-hybridized carbons (Fsp3) is 0.750. The number of β-amino-alcohol motifs (C(OH)–C–C–N with tert-alkyl or cyclic N) is 1. The van der Waals surface area contributed by atoms with Gasteiger partial charge in [-0.05, 0) is 32.9 Å². The summed E-state index contributed by atoms with van der Waals surface area (Å²) in [5.41, 5.74) is -0.167. The highest BCUT2D eigenvalue weighted by Gasteiger charge is 2.36. The summed E-state index contributed by atoms with van der Waals surface area (Å²) >= 11 is 1.56. The molecule has 0 spiro atoms. The number of aromatic nitrogens is 1. The van der Waals surface area contributed by atoms with E-state index in [-0.39, 0.29) is 5.91 Å². The number of rotatable bonds is 4. The normalized spacial score (nSPS) is 26.4. The predicted octanol–water partition coefficient (Wildman–Crippen LogP) is 0.680. The van der Waals surface area contributed by atoms with E-state index in [0.29, 0.717) is 39.3 Å². The van der Waals surface area contributed by atoms with Crippen LogP contribution in [-0.4, -0.2) is 77.3 Å². The maximum absolute atomic E-state index is 12.6. The van der Waals surface area contributed by atoms with E-state index in [2.05, 4.69) is 9.88 Å². The molecule has 128 valence electrons. The summed E-state index contributed by atoms with van der Waals surface area (Å²) < 4.78 is 5.57. The molecule has 7 heteroatoms. The molecular formula is C16H25N3O3S. The monoisotopic (exact) mass is 339 g/mol. The zero-order valence-electron chi connectivity index (χ0n) is 13.7. The molecule has 1 N–H and O–H groups in total. The van der Waals surface area contributed by atoms with E-state index in [1.54, 1.807) is 16.2 Å². The van der Waals surface area contributed by atoms with Gasteiger partial charge in [-0.3, -0.25) is 4.79 Å². The lowest BCUT2D eigenvalue weighted by atomic mass is 10.0. The number of carbonyl (C=O) groups excluding carboxylic acids is 1. The minimum Gasteiger partial charge on any atom is -0.384 e. The van der Waals surface area contributed by atoms with Gasteiger partial charge >= 0.3 is 0 Å². The molecule has 0 saturated carbocycles. The van der Waals surface area contributed by atoms with Crippen LogP contribution in [-0.2, 0) is 16.0 Å². The molecule has 1 aromatic rings. The van der Waals surface area contributed by atoms with E-state index < -0.39 is 5.60 Å². The molecule has 2 aliphatic rings. The minimum atomic E-state index is -0.978.